The van der Waals surface area contributed by atoms with Crippen LogP contribution in [0.15, 0.2) is 36.7 Å². The third kappa shape index (κ3) is 2.36. The molecule has 0 saturated heterocycles. The number of benzene rings is 1. The molecule has 2 amide bonds. The number of aryl methyl sites for hydroxylation is 1. The van der Waals surface area contributed by atoms with E-state index in [4.69, 9.17) is 0 Å². The fraction of sp³-hybridized carbons (Fsp3) is 0.294. The summed E-state index contributed by atoms with van der Waals surface area (Å²) < 4.78 is 1.51. The third-order valence-corrected chi connectivity index (χ3v) is 4.18. The molecular formula is C17H17N3O3. The van der Waals surface area contributed by atoms with E-state index >= 15 is 0 Å². The normalized spacial score (nSPS) is 16.4. The van der Waals surface area contributed by atoms with Crippen molar-refractivity contribution < 1.29 is 14.4 Å². The molecule has 23 heavy (non-hydrogen) atoms. The second-order valence-electron chi connectivity index (χ2n) is 6.19. The van der Waals surface area contributed by atoms with Crippen LogP contribution in [0.4, 0.5) is 0 Å². The number of fused-ring (bicyclic) bond motifs is 1. The molecule has 6 nitrogen and oxygen atoms in total. The lowest BCUT2D eigenvalue weighted by atomic mass is 9.77. The van der Waals surface area contributed by atoms with E-state index in [1.165, 1.54) is 10.9 Å². The minimum atomic E-state index is -0.847. The summed E-state index contributed by atoms with van der Waals surface area (Å²) in [5.74, 6) is -1.10. The molecule has 0 fully saturated rings. The van der Waals surface area contributed by atoms with Crippen LogP contribution in [-0.4, -0.2) is 38.8 Å². The molecule has 0 atom stereocenters. The van der Waals surface area contributed by atoms with Gasteiger partial charge in [-0.3, -0.25) is 24.0 Å². The first kappa shape index (κ1) is 15.1. The van der Waals surface area contributed by atoms with Gasteiger partial charge in [-0.15, -0.1) is 0 Å². The van der Waals surface area contributed by atoms with Gasteiger partial charge in [0.25, 0.3) is 5.91 Å². The average Bonchev–Trinajstić information content (AvgIpc) is 2.96. The lowest BCUT2D eigenvalue weighted by Gasteiger charge is -2.37. The average molecular weight is 311 g/mol. The molecule has 118 valence electrons. The van der Waals surface area contributed by atoms with Gasteiger partial charge in [0.05, 0.1) is 23.7 Å². The van der Waals surface area contributed by atoms with Gasteiger partial charge in [0.1, 0.15) is 0 Å². The number of nitrogens with zero attached hydrogens (tertiary/aromatic N) is 3. The van der Waals surface area contributed by atoms with Crippen molar-refractivity contribution in [1.29, 1.82) is 0 Å². The van der Waals surface area contributed by atoms with E-state index in [9.17, 15) is 14.4 Å². The Kier molecular flexibility index (Phi) is 3.39. The number of hydrogen-bond donors (Lipinski definition) is 0. The molecule has 0 aliphatic carbocycles. The molecule has 3 rings (SSSR count). The highest BCUT2D eigenvalue weighted by molar-refractivity contribution is 6.15. The Bertz CT molecular complexity index is 820. The molecular weight excluding hydrogens is 294 g/mol. The molecule has 2 heterocycles. The first-order chi connectivity index (χ1) is 10.8. The summed E-state index contributed by atoms with van der Waals surface area (Å²) in [6.45, 7) is 3.26. The number of aromatic nitrogens is 2. The van der Waals surface area contributed by atoms with Crippen molar-refractivity contribution in [2.24, 2.45) is 7.05 Å². The zero-order valence-electron chi connectivity index (χ0n) is 13.2. The van der Waals surface area contributed by atoms with Gasteiger partial charge >= 0.3 is 0 Å². The predicted molar refractivity (Wildman–Crippen MR) is 83.1 cm³/mol. The maximum absolute atomic E-state index is 12.7. The number of ketones is 1. The Morgan fingerprint density at radius 1 is 1.22 bits per heavy atom. The Morgan fingerprint density at radius 3 is 2.57 bits per heavy atom. The minimum Gasteiger partial charge on any atom is -0.292 e. The summed E-state index contributed by atoms with van der Waals surface area (Å²) in [7, 11) is 1.70. The van der Waals surface area contributed by atoms with Crippen LogP contribution in [-0.2, 0) is 17.3 Å². The Labute approximate surface area is 133 Å². The zero-order valence-corrected chi connectivity index (χ0v) is 13.2. The highest BCUT2D eigenvalue weighted by Crippen LogP contribution is 2.34. The summed E-state index contributed by atoms with van der Waals surface area (Å²) in [5.41, 5.74) is 0.695. The van der Waals surface area contributed by atoms with Crippen molar-refractivity contribution in [3.8, 4) is 0 Å². The molecule has 1 aromatic heterocycles. The summed E-state index contributed by atoms with van der Waals surface area (Å²) >= 11 is 0. The van der Waals surface area contributed by atoms with Crippen LogP contribution in [0.3, 0.4) is 0 Å². The van der Waals surface area contributed by atoms with Crippen molar-refractivity contribution in [1.82, 2.24) is 14.7 Å². The quantitative estimate of drug-likeness (QED) is 0.637. The highest BCUT2D eigenvalue weighted by atomic mass is 16.2. The lowest BCUT2D eigenvalue weighted by Crippen LogP contribution is -2.53. The van der Waals surface area contributed by atoms with Gasteiger partial charge in [0.2, 0.25) is 5.91 Å². The van der Waals surface area contributed by atoms with Crippen molar-refractivity contribution in [2.75, 3.05) is 6.54 Å². The summed E-state index contributed by atoms with van der Waals surface area (Å²) in [6, 6.07) is 7.03. The van der Waals surface area contributed by atoms with E-state index in [1.54, 1.807) is 51.4 Å². The van der Waals surface area contributed by atoms with Gasteiger partial charge in [0, 0.05) is 18.8 Å². The van der Waals surface area contributed by atoms with E-state index in [1.807, 2.05) is 0 Å². The van der Waals surface area contributed by atoms with Crippen molar-refractivity contribution in [2.45, 2.75) is 19.3 Å². The van der Waals surface area contributed by atoms with E-state index in [2.05, 4.69) is 5.10 Å². The van der Waals surface area contributed by atoms with Crippen LogP contribution in [0.2, 0.25) is 0 Å². The van der Waals surface area contributed by atoms with Gasteiger partial charge in [-0.25, -0.2) is 0 Å². The zero-order chi connectivity index (χ0) is 16.8. The maximum Gasteiger partial charge on any atom is 0.261 e. The molecule has 0 unspecified atom stereocenters. The highest BCUT2D eigenvalue weighted by Gasteiger charge is 2.44. The number of hydrogen-bond acceptors (Lipinski definition) is 4. The van der Waals surface area contributed by atoms with E-state index in [0.29, 0.717) is 16.7 Å². The van der Waals surface area contributed by atoms with E-state index < -0.39 is 11.3 Å². The van der Waals surface area contributed by atoms with Crippen LogP contribution >= 0.6 is 0 Å². The SMILES string of the molecule is Cn1cc(C(=O)CN2C(=O)c3ccccc3C(C)(C)C2=O)cn1. The maximum atomic E-state index is 12.7. The molecule has 2 aromatic rings. The predicted octanol–water partition coefficient (Wildman–Crippen LogP) is 1.56. The Hall–Kier alpha value is -2.76. The van der Waals surface area contributed by atoms with E-state index in [0.717, 1.165) is 4.90 Å². The molecule has 1 aliphatic heterocycles. The molecule has 0 spiro atoms. The summed E-state index contributed by atoms with van der Waals surface area (Å²) in [5, 5.41) is 3.94. The van der Waals surface area contributed by atoms with Crippen LogP contribution in [0, 0.1) is 0 Å². The minimum absolute atomic E-state index is 0.277. The number of carbonyl (C=O) groups excluding carboxylic acids is 3. The fourth-order valence-electron chi connectivity index (χ4n) is 2.85. The first-order valence-electron chi connectivity index (χ1n) is 7.30. The number of amides is 2. The number of rotatable bonds is 3. The number of imide groups is 1. The molecule has 0 N–H and O–H groups in total. The van der Waals surface area contributed by atoms with Gasteiger partial charge < -0.3 is 0 Å². The molecule has 0 radical (unpaired) electrons. The molecule has 1 aromatic carbocycles. The van der Waals surface area contributed by atoms with Gasteiger partial charge in [-0.2, -0.15) is 5.10 Å². The Morgan fingerprint density at radius 2 is 1.91 bits per heavy atom. The van der Waals surface area contributed by atoms with Crippen LogP contribution < -0.4 is 0 Å². The van der Waals surface area contributed by atoms with Crippen molar-refractivity contribution >= 4 is 17.6 Å². The third-order valence-electron chi connectivity index (χ3n) is 4.18. The summed E-state index contributed by atoms with van der Waals surface area (Å²) in [6.07, 6.45) is 3.00. The second kappa shape index (κ2) is 5.15. The smallest absolute Gasteiger partial charge is 0.261 e. The largest absolute Gasteiger partial charge is 0.292 e. The van der Waals surface area contributed by atoms with Gasteiger partial charge in [-0.1, -0.05) is 18.2 Å². The van der Waals surface area contributed by atoms with Crippen molar-refractivity contribution in [3.63, 3.8) is 0 Å². The molecule has 6 heteroatoms. The Balaban J connectivity index is 1.96. The number of Topliss-reactive ketones (excluding diaryl/α,β-unsaturated/α-hetero) is 1. The fourth-order valence-corrected chi connectivity index (χ4v) is 2.85. The monoisotopic (exact) mass is 311 g/mol. The van der Waals surface area contributed by atoms with Crippen LogP contribution in [0.25, 0.3) is 0 Å². The topological polar surface area (TPSA) is 72.3 Å². The molecule has 1 aliphatic rings. The van der Waals surface area contributed by atoms with Crippen LogP contribution in [0.1, 0.15) is 40.1 Å². The van der Waals surface area contributed by atoms with Crippen LogP contribution in [0.5, 0.6) is 0 Å². The first-order valence-corrected chi connectivity index (χ1v) is 7.30. The van der Waals surface area contributed by atoms with E-state index in [-0.39, 0.29) is 18.2 Å². The molecule has 0 saturated carbocycles. The molecule has 0 bridgehead atoms. The standard InChI is InChI=1S/C17H17N3O3/c1-17(2)13-7-5-4-6-12(13)15(22)20(16(17)23)10-14(21)11-8-18-19(3)9-11/h4-9H,10H2,1-3H3. The summed E-state index contributed by atoms with van der Waals surface area (Å²) in [4.78, 5) is 38.7. The van der Waals surface area contributed by atoms with Gasteiger partial charge in [0.15, 0.2) is 5.78 Å². The number of carbonyl (C=O) groups is 3. The lowest BCUT2D eigenvalue weighted by molar-refractivity contribution is -0.133. The second-order valence-corrected chi connectivity index (χ2v) is 6.19. The van der Waals surface area contributed by atoms with Gasteiger partial charge in [-0.05, 0) is 25.5 Å². The van der Waals surface area contributed by atoms with Crippen molar-refractivity contribution in [3.05, 3.63) is 53.3 Å².